The number of anilines is 1. The van der Waals surface area contributed by atoms with Crippen molar-refractivity contribution in [2.75, 3.05) is 11.9 Å². The van der Waals surface area contributed by atoms with E-state index in [-0.39, 0.29) is 11.6 Å². The van der Waals surface area contributed by atoms with Gasteiger partial charge in [-0.1, -0.05) is 6.07 Å². The molecule has 70 valence electrons. The molecular weight excluding hydrogens is 237 g/mol. The van der Waals surface area contributed by atoms with E-state index in [0.717, 1.165) is 0 Å². The third-order valence-electron chi connectivity index (χ3n) is 1.63. The van der Waals surface area contributed by atoms with E-state index >= 15 is 0 Å². The number of hydrogen-bond acceptors (Lipinski definition) is 1. The lowest BCUT2D eigenvalue weighted by Crippen LogP contribution is -2.33. The summed E-state index contributed by atoms with van der Waals surface area (Å²) in [5, 5.41) is 7.15. The minimum atomic E-state index is -0.410. The van der Waals surface area contributed by atoms with Crippen molar-refractivity contribution < 1.29 is 4.39 Å². The van der Waals surface area contributed by atoms with Gasteiger partial charge in [-0.15, -0.1) is 0 Å². The fraction of sp³-hybridized carbons (Fsp3) is 0.125. The van der Waals surface area contributed by atoms with Gasteiger partial charge in [-0.25, -0.2) is 4.39 Å². The zero-order valence-corrected chi connectivity index (χ0v) is 8.60. The third-order valence-corrected chi connectivity index (χ3v) is 2.27. The largest absolute Gasteiger partial charge is 0.370 e. The van der Waals surface area contributed by atoms with Crippen molar-refractivity contribution in [2.45, 2.75) is 0 Å². The summed E-state index contributed by atoms with van der Waals surface area (Å²) < 4.78 is 13.8. The van der Waals surface area contributed by atoms with E-state index in [0.29, 0.717) is 4.47 Å². The zero-order valence-electron chi connectivity index (χ0n) is 7.01. The van der Waals surface area contributed by atoms with Crippen LogP contribution in [0.4, 0.5) is 10.1 Å². The first-order valence-corrected chi connectivity index (χ1v) is 4.35. The summed E-state index contributed by atoms with van der Waals surface area (Å²) in [6, 6.07) is 4.59. The number of guanidine groups is 1. The highest BCUT2D eigenvalue weighted by atomic mass is 79.9. The maximum Gasteiger partial charge on any atom is 0.192 e. The normalized spacial score (nSPS) is 9.77. The Morgan fingerprint density at radius 1 is 1.62 bits per heavy atom. The minimum Gasteiger partial charge on any atom is -0.370 e. The van der Waals surface area contributed by atoms with Crippen molar-refractivity contribution in [3.8, 4) is 0 Å². The predicted octanol–water partition coefficient (Wildman–Crippen LogP) is 1.92. The van der Waals surface area contributed by atoms with Crippen LogP contribution >= 0.6 is 15.9 Å². The third kappa shape index (κ3) is 1.98. The van der Waals surface area contributed by atoms with E-state index in [9.17, 15) is 4.39 Å². The van der Waals surface area contributed by atoms with Crippen molar-refractivity contribution in [1.82, 2.24) is 0 Å². The SMILES string of the molecule is CN(C(=N)N)c1c(F)cccc1Br. The number of hydrogen-bond donors (Lipinski definition) is 2. The number of nitrogens with zero attached hydrogens (tertiary/aromatic N) is 1. The first-order valence-electron chi connectivity index (χ1n) is 3.56. The van der Waals surface area contributed by atoms with Crippen LogP contribution in [0.3, 0.4) is 0 Å². The number of nitrogens with two attached hydrogens (primary N) is 1. The van der Waals surface area contributed by atoms with E-state index in [2.05, 4.69) is 15.9 Å². The maximum absolute atomic E-state index is 13.2. The molecule has 0 heterocycles. The highest BCUT2D eigenvalue weighted by Crippen LogP contribution is 2.27. The molecule has 0 amide bonds. The molecule has 0 radical (unpaired) electrons. The van der Waals surface area contributed by atoms with Crippen LogP contribution in [0.2, 0.25) is 0 Å². The van der Waals surface area contributed by atoms with Gasteiger partial charge in [-0.2, -0.15) is 0 Å². The van der Waals surface area contributed by atoms with Crippen LogP contribution in [-0.4, -0.2) is 13.0 Å². The van der Waals surface area contributed by atoms with Crippen LogP contribution in [0, 0.1) is 11.2 Å². The fourth-order valence-electron chi connectivity index (χ4n) is 0.930. The quantitative estimate of drug-likeness (QED) is 0.587. The highest BCUT2D eigenvalue weighted by molar-refractivity contribution is 9.10. The van der Waals surface area contributed by atoms with Gasteiger partial charge in [0, 0.05) is 11.5 Å². The van der Waals surface area contributed by atoms with E-state index in [1.165, 1.54) is 18.0 Å². The molecule has 5 heteroatoms. The van der Waals surface area contributed by atoms with Crippen molar-refractivity contribution in [1.29, 1.82) is 5.41 Å². The Morgan fingerprint density at radius 3 is 2.69 bits per heavy atom. The molecule has 0 saturated carbocycles. The molecule has 1 aromatic rings. The first kappa shape index (κ1) is 9.98. The molecule has 0 atom stereocenters. The Hall–Kier alpha value is -1.10. The van der Waals surface area contributed by atoms with Crippen LogP contribution in [0.15, 0.2) is 22.7 Å². The molecule has 0 spiro atoms. The summed E-state index contributed by atoms with van der Waals surface area (Å²) in [4.78, 5) is 1.26. The Morgan fingerprint density at radius 2 is 2.23 bits per heavy atom. The van der Waals surface area contributed by atoms with Crippen molar-refractivity contribution in [2.24, 2.45) is 5.73 Å². The lowest BCUT2D eigenvalue weighted by molar-refractivity contribution is 0.627. The highest BCUT2D eigenvalue weighted by Gasteiger charge is 2.12. The van der Waals surface area contributed by atoms with Gasteiger partial charge < -0.3 is 10.6 Å². The second-order valence-corrected chi connectivity index (χ2v) is 3.37. The van der Waals surface area contributed by atoms with Gasteiger partial charge in [0.05, 0.1) is 5.69 Å². The summed E-state index contributed by atoms with van der Waals surface area (Å²) in [5.74, 6) is -0.613. The summed E-state index contributed by atoms with van der Waals surface area (Å²) in [7, 11) is 1.53. The molecule has 1 aromatic carbocycles. The molecule has 0 fully saturated rings. The summed E-state index contributed by atoms with van der Waals surface area (Å²) >= 11 is 3.18. The fourth-order valence-corrected chi connectivity index (χ4v) is 1.54. The summed E-state index contributed by atoms with van der Waals surface area (Å²) in [6.07, 6.45) is 0. The molecule has 0 saturated heterocycles. The Labute approximate surface area is 84.0 Å². The van der Waals surface area contributed by atoms with E-state index in [1.807, 2.05) is 0 Å². The second kappa shape index (κ2) is 3.74. The van der Waals surface area contributed by atoms with Crippen molar-refractivity contribution in [3.05, 3.63) is 28.5 Å². The summed E-state index contributed by atoms with van der Waals surface area (Å²) in [6.45, 7) is 0. The molecule has 3 N–H and O–H groups in total. The molecule has 1 rings (SSSR count). The average Bonchev–Trinajstić information content (AvgIpc) is 2.03. The van der Waals surface area contributed by atoms with E-state index < -0.39 is 5.82 Å². The van der Waals surface area contributed by atoms with E-state index in [4.69, 9.17) is 11.1 Å². The Balaban J connectivity index is 3.20. The van der Waals surface area contributed by atoms with Crippen LogP contribution in [0.1, 0.15) is 0 Å². The van der Waals surface area contributed by atoms with Gasteiger partial charge in [-0.3, -0.25) is 5.41 Å². The molecule has 0 aliphatic carbocycles. The minimum absolute atomic E-state index is 0.203. The van der Waals surface area contributed by atoms with Crippen LogP contribution in [-0.2, 0) is 0 Å². The van der Waals surface area contributed by atoms with Gasteiger partial charge >= 0.3 is 0 Å². The van der Waals surface area contributed by atoms with Crippen molar-refractivity contribution in [3.63, 3.8) is 0 Å². The van der Waals surface area contributed by atoms with Gasteiger partial charge in [0.15, 0.2) is 5.96 Å². The Bertz CT molecular complexity index is 320. The molecule has 3 nitrogen and oxygen atoms in total. The number of halogens is 2. The first-order chi connectivity index (χ1) is 6.04. The van der Waals surface area contributed by atoms with Crippen molar-refractivity contribution >= 4 is 27.6 Å². The average molecular weight is 246 g/mol. The lowest BCUT2D eigenvalue weighted by Gasteiger charge is -2.18. The number of rotatable bonds is 1. The molecule has 0 aromatic heterocycles. The van der Waals surface area contributed by atoms with Crippen LogP contribution in [0.25, 0.3) is 0 Å². The van der Waals surface area contributed by atoms with Gasteiger partial charge in [0.2, 0.25) is 0 Å². The maximum atomic E-state index is 13.2. The molecular formula is C8H9BrFN3. The number of nitrogens with one attached hydrogen (secondary N) is 1. The summed E-state index contributed by atoms with van der Waals surface area (Å²) in [5.41, 5.74) is 5.50. The lowest BCUT2D eigenvalue weighted by atomic mass is 10.3. The molecule has 0 unspecified atom stereocenters. The molecule has 13 heavy (non-hydrogen) atoms. The monoisotopic (exact) mass is 245 g/mol. The van der Waals surface area contributed by atoms with E-state index in [1.54, 1.807) is 12.1 Å². The standard InChI is InChI=1S/C8H9BrFN3/c1-13(8(11)12)7-5(9)3-2-4-6(7)10/h2-4H,1H3,(H3,11,12). The molecule has 0 aliphatic heterocycles. The Kier molecular flexibility index (Phi) is 2.87. The second-order valence-electron chi connectivity index (χ2n) is 2.51. The number of para-hydroxylation sites is 1. The molecule has 0 aliphatic rings. The van der Waals surface area contributed by atoms with Gasteiger partial charge in [0.25, 0.3) is 0 Å². The topological polar surface area (TPSA) is 53.1 Å². The predicted molar refractivity (Wildman–Crippen MR) is 54.4 cm³/mol. The molecule has 0 bridgehead atoms. The zero-order chi connectivity index (χ0) is 10.0. The van der Waals surface area contributed by atoms with Gasteiger partial charge in [-0.05, 0) is 28.1 Å². The van der Waals surface area contributed by atoms with Crippen LogP contribution < -0.4 is 10.6 Å². The smallest absolute Gasteiger partial charge is 0.192 e. The number of benzene rings is 1. The van der Waals surface area contributed by atoms with Crippen LogP contribution in [0.5, 0.6) is 0 Å². The van der Waals surface area contributed by atoms with Gasteiger partial charge in [0.1, 0.15) is 5.82 Å².